The minimum Gasteiger partial charge on any atom is -0.479 e. The van der Waals surface area contributed by atoms with E-state index in [1.165, 1.54) is 23.1 Å². The molecule has 1 heterocycles. The third-order valence-corrected chi connectivity index (χ3v) is 3.47. The van der Waals surface area contributed by atoms with Gasteiger partial charge in [-0.15, -0.1) is 0 Å². The number of aliphatic carboxylic acids is 1. The number of carbonyl (C=O) groups excluding carboxylic acids is 1. The Kier molecular flexibility index (Phi) is 3.65. The molecule has 6 heteroatoms. The van der Waals surface area contributed by atoms with Gasteiger partial charge in [0.1, 0.15) is 5.82 Å². The lowest BCUT2D eigenvalue weighted by Crippen LogP contribution is -2.36. The molecule has 1 fully saturated rings. The van der Waals surface area contributed by atoms with Gasteiger partial charge in [-0.25, -0.2) is 9.18 Å². The summed E-state index contributed by atoms with van der Waals surface area (Å²) in [5, 5.41) is 9.24. The van der Waals surface area contributed by atoms with Crippen LogP contribution in [0.25, 0.3) is 0 Å². The quantitative estimate of drug-likeness (QED) is 0.867. The molecule has 2 unspecified atom stereocenters. The van der Waals surface area contributed by atoms with Gasteiger partial charge in [0.2, 0.25) is 5.91 Å². The smallest absolute Gasteiger partial charge is 0.331 e. The van der Waals surface area contributed by atoms with E-state index in [2.05, 4.69) is 15.9 Å². The first-order valence-corrected chi connectivity index (χ1v) is 6.33. The van der Waals surface area contributed by atoms with Gasteiger partial charge in [-0.2, -0.15) is 0 Å². The van der Waals surface area contributed by atoms with Crippen molar-refractivity contribution in [1.29, 1.82) is 0 Å². The zero-order valence-electron chi connectivity index (χ0n) is 9.35. The number of benzene rings is 1. The van der Waals surface area contributed by atoms with E-state index in [0.29, 0.717) is 0 Å². The van der Waals surface area contributed by atoms with Crippen LogP contribution >= 0.6 is 15.9 Å². The summed E-state index contributed by atoms with van der Waals surface area (Å²) in [5.74, 6) is -2.13. The van der Waals surface area contributed by atoms with Crippen LogP contribution in [0.5, 0.6) is 0 Å². The third kappa shape index (κ3) is 2.38. The number of amides is 1. The van der Waals surface area contributed by atoms with E-state index in [9.17, 15) is 19.1 Å². The second kappa shape index (κ2) is 5.06. The molecule has 0 saturated carbocycles. The molecule has 2 atom stereocenters. The van der Waals surface area contributed by atoms with E-state index >= 15 is 0 Å². The highest BCUT2D eigenvalue weighted by molar-refractivity contribution is 9.09. The molecule has 0 bridgehead atoms. The van der Waals surface area contributed by atoms with Crippen molar-refractivity contribution in [2.24, 2.45) is 0 Å². The monoisotopic (exact) mass is 315 g/mol. The molecule has 1 saturated heterocycles. The van der Waals surface area contributed by atoms with Crippen LogP contribution < -0.4 is 0 Å². The number of hydrogen-bond acceptors (Lipinski definition) is 2. The summed E-state index contributed by atoms with van der Waals surface area (Å²) in [4.78, 5) is 24.2. The van der Waals surface area contributed by atoms with Crippen LogP contribution in [0.4, 0.5) is 4.39 Å². The van der Waals surface area contributed by atoms with Crippen molar-refractivity contribution in [3.63, 3.8) is 0 Å². The van der Waals surface area contributed by atoms with Gasteiger partial charge >= 0.3 is 5.97 Å². The molecular weight excluding hydrogens is 305 g/mol. The molecule has 1 aromatic carbocycles. The summed E-state index contributed by atoms with van der Waals surface area (Å²) < 4.78 is 13.7. The first-order chi connectivity index (χ1) is 8.50. The van der Waals surface area contributed by atoms with Gasteiger partial charge in [-0.3, -0.25) is 4.79 Å². The number of alkyl halides is 1. The first-order valence-electron chi connectivity index (χ1n) is 5.41. The fourth-order valence-corrected chi connectivity index (χ4v) is 2.66. The highest BCUT2D eigenvalue weighted by Crippen LogP contribution is 2.30. The van der Waals surface area contributed by atoms with Gasteiger partial charge in [-0.1, -0.05) is 34.1 Å². The number of likely N-dealkylation sites (tertiary alicyclic amines) is 1. The van der Waals surface area contributed by atoms with Gasteiger partial charge in [0.05, 0.1) is 0 Å². The standard InChI is InChI=1S/C12H11BrFNO3/c13-7-5-10(16)15(6-7)11(12(17)18)8-3-1-2-4-9(8)14/h1-4,7,11H,5-6H2,(H,17,18). The summed E-state index contributed by atoms with van der Waals surface area (Å²) in [6.45, 7) is 0.268. The van der Waals surface area contributed by atoms with Crippen molar-refractivity contribution >= 4 is 27.8 Å². The molecule has 4 nitrogen and oxygen atoms in total. The molecule has 0 spiro atoms. The largest absolute Gasteiger partial charge is 0.479 e. The predicted molar refractivity (Wildman–Crippen MR) is 65.8 cm³/mol. The zero-order valence-corrected chi connectivity index (χ0v) is 10.9. The van der Waals surface area contributed by atoms with Gasteiger partial charge in [0, 0.05) is 23.4 Å². The Morgan fingerprint density at radius 1 is 1.50 bits per heavy atom. The molecule has 1 aliphatic rings. The topological polar surface area (TPSA) is 57.6 Å². The predicted octanol–water partition coefficient (Wildman–Crippen LogP) is 1.95. The lowest BCUT2D eigenvalue weighted by atomic mass is 10.1. The number of carboxylic acid groups (broad SMARTS) is 1. The van der Waals surface area contributed by atoms with Crippen LogP contribution in [-0.2, 0) is 9.59 Å². The van der Waals surface area contributed by atoms with E-state index in [1.54, 1.807) is 6.07 Å². The van der Waals surface area contributed by atoms with E-state index < -0.39 is 17.8 Å². The molecule has 96 valence electrons. The van der Waals surface area contributed by atoms with Crippen molar-refractivity contribution in [3.8, 4) is 0 Å². The van der Waals surface area contributed by atoms with Crippen LogP contribution in [0.2, 0.25) is 0 Å². The van der Waals surface area contributed by atoms with Crippen LogP contribution in [0.3, 0.4) is 0 Å². The fourth-order valence-electron chi connectivity index (χ4n) is 2.07. The van der Waals surface area contributed by atoms with E-state index in [4.69, 9.17) is 0 Å². The van der Waals surface area contributed by atoms with E-state index in [-0.39, 0.29) is 29.3 Å². The number of hydrogen-bond donors (Lipinski definition) is 1. The second-order valence-corrected chi connectivity index (χ2v) is 5.40. The average Bonchev–Trinajstić information content (AvgIpc) is 2.61. The minimum absolute atomic E-state index is 0.0138. The Hall–Kier alpha value is -1.43. The maximum atomic E-state index is 13.7. The molecule has 1 aromatic rings. The summed E-state index contributed by atoms with van der Waals surface area (Å²) in [7, 11) is 0. The lowest BCUT2D eigenvalue weighted by Gasteiger charge is -2.24. The first kappa shape index (κ1) is 13.0. The van der Waals surface area contributed by atoms with Crippen molar-refractivity contribution in [2.75, 3.05) is 6.54 Å². The Morgan fingerprint density at radius 2 is 2.17 bits per heavy atom. The van der Waals surface area contributed by atoms with Crippen LogP contribution in [-0.4, -0.2) is 33.3 Å². The van der Waals surface area contributed by atoms with Gasteiger partial charge in [0.15, 0.2) is 6.04 Å². The number of rotatable bonds is 3. The van der Waals surface area contributed by atoms with Crippen molar-refractivity contribution in [3.05, 3.63) is 35.6 Å². The number of halogens is 2. The minimum atomic E-state index is -1.26. The summed E-state index contributed by atoms with van der Waals surface area (Å²) in [6.07, 6.45) is 0.234. The molecular formula is C12H11BrFNO3. The Balaban J connectivity index is 2.38. The molecule has 18 heavy (non-hydrogen) atoms. The highest BCUT2D eigenvalue weighted by atomic mass is 79.9. The maximum Gasteiger partial charge on any atom is 0.331 e. The zero-order chi connectivity index (χ0) is 13.3. The molecule has 2 rings (SSSR count). The molecule has 1 amide bonds. The molecule has 1 N–H and O–H groups in total. The Bertz CT molecular complexity index is 494. The van der Waals surface area contributed by atoms with Crippen LogP contribution in [0.15, 0.2) is 24.3 Å². The molecule has 0 aliphatic carbocycles. The third-order valence-electron chi connectivity index (χ3n) is 2.86. The Morgan fingerprint density at radius 3 is 2.67 bits per heavy atom. The lowest BCUT2D eigenvalue weighted by molar-refractivity contribution is -0.148. The Labute approximate surface area is 112 Å². The highest BCUT2D eigenvalue weighted by Gasteiger charge is 2.38. The number of carbonyl (C=O) groups is 2. The van der Waals surface area contributed by atoms with Crippen LogP contribution in [0, 0.1) is 5.82 Å². The SMILES string of the molecule is O=C(O)C(c1ccccc1F)N1CC(Br)CC1=O. The summed E-state index contributed by atoms with van der Waals surface area (Å²) in [6, 6.07) is 4.36. The molecule has 0 radical (unpaired) electrons. The van der Waals surface area contributed by atoms with E-state index in [0.717, 1.165) is 0 Å². The van der Waals surface area contributed by atoms with Crippen LogP contribution in [0.1, 0.15) is 18.0 Å². The van der Waals surface area contributed by atoms with Gasteiger partial charge in [-0.05, 0) is 6.07 Å². The number of carboxylic acids is 1. The van der Waals surface area contributed by atoms with Crippen molar-refractivity contribution in [2.45, 2.75) is 17.3 Å². The molecule has 1 aliphatic heterocycles. The van der Waals surface area contributed by atoms with Crippen molar-refractivity contribution in [1.82, 2.24) is 4.90 Å². The summed E-state index contributed by atoms with van der Waals surface area (Å²) in [5.41, 5.74) is 0.0138. The summed E-state index contributed by atoms with van der Waals surface area (Å²) >= 11 is 3.28. The van der Waals surface area contributed by atoms with Crippen molar-refractivity contribution < 1.29 is 19.1 Å². The second-order valence-electron chi connectivity index (χ2n) is 4.11. The normalized spacial score (nSPS) is 21.1. The maximum absolute atomic E-state index is 13.7. The fraction of sp³-hybridized carbons (Fsp3) is 0.333. The van der Waals surface area contributed by atoms with E-state index in [1.807, 2.05) is 0 Å². The average molecular weight is 316 g/mol. The molecule has 0 aromatic heterocycles. The number of nitrogens with zero attached hydrogens (tertiary/aromatic N) is 1. The van der Waals surface area contributed by atoms with Gasteiger partial charge < -0.3 is 10.0 Å². The van der Waals surface area contributed by atoms with Gasteiger partial charge in [0.25, 0.3) is 0 Å².